The van der Waals surface area contributed by atoms with Gasteiger partial charge in [0.2, 0.25) is 0 Å². The van der Waals surface area contributed by atoms with Crippen molar-refractivity contribution >= 4 is 0 Å². The number of nitrogens with zero attached hydrogens (tertiary/aromatic N) is 1. The van der Waals surface area contributed by atoms with E-state index >= 15 is 0 Å². The van der Waals surface area contributed by atoms with E-state index in [1.807, 2.05) is 0 Å². The van der Waals surface area contributed by atoms with E-state index in [4.69, 9.17) is 0 Å². The maximum Gasteiger partial charge on any atom is 0.0361 e. The van der Waals surface area contributed by atoms with Gasteiger partial charge in [-0.25, -0.2) is 0 Å². The van der Waals surface area contributed by atoms with E-state index in [-0.39, 0.29) is 0 Å². The molecule has 0 amide bonds. The lowest BCUT2D eigenvalue weighted by molar-refractivity contribution is 0.264. The zero-order valence-electron chi connectivity index (χ0n) is 11.4. The number of hydrogen-bond acceptors (Lipinski definition) is 3. The molecule has 96 valence electrons. The molecule has 0 bridgehead atoms. The van der Waals surface area contributed by atoms with E-state index in [0.29, 0.717) is 18.1 Å². The Hall–Kier alpha value is -0.120. The second-order valence-electron chi connectivity index (χ2n) is 5.17. The summed E-state index contributed by atoms with van der Waals surface area (Å²) in [7, 11) is 0. The fourth-order valence-electron chi connectivity index (χ4n) is 2.33. The third kappa shape index (κ3) is 4.04. The molecule has 3 nitrogen and oxygen atoms in total. The summed E-state index contributed by atoms with van der Waals surface area (Å²) in [5.41, 5.74) is 0. The first kappa shape index (κ1) is 13.9. The van der Waals surface area contributed by atoms with Crippen molar-refractivity contribution in [3.8, 4) is 0 Å². The van der Waals surface area contributed by atoms with Gasteiger partial charge in [0, 0.05) is 31.2 Å². The predicted molar refractivity (Wildman–Crippen MR) is 70.9 cm³/mol. The molecule has 0 spiro atoms. The van der Waals surface area contributed by atoms with Gasteiger partial charge in [0.15, 0.2) is 0 Å². The summed E-state index contributed by atoms with van der Waals surface area (Å²) < 4.78 is 0. The minimum atomic E-state index is 0.633. The highest BCUT2D eigenvalue weighted by Crippen LogP contribution is 2.13. The van der Waals surface area contributed by atoms with Crippen molar-refractivity contribution in [1.29, 1.82) is 0 Å². The van der Waals surface area contributed by atoms with E-state index in [9.17, 15) is 0 Å². The van der Waals surface area contributed by atoms with Gasteiger partial charge in [-0.05, 0) is 39.8 Å². The van der Waals surface area contributed by atoms with Gasteiger partial charge in [-0.2, -0.15) is 0 Å². The van der Waals surface area contributed by atoms with Gasteiger partial charge in [-0.3, -0.25) is 4.90 Å². The minimum absolute atomic E-state index is 0.633. The second-order valence-corrected chi connectivity index (χ2v) is 5.17. The van der Waals surface area contributed by atoms with Gasteiger partial charge in [0.05, 0.1) is 0 Å². The van der Waals surface area contributed by atoms with Crippen LogP contribution in [0.2, 0.25) is 0 Å². The first-order valence-electron chi connectivity index (χ1n) is 6.89. The van der Waals surface area contributed by atoms with Crippen LogP contribution in [0.25, 0.3) is 0 Å². The van der Waals surface area contributed by atoms with Gasteiger partial charge in [-0.15, -0.1) is 0 Å². The Balaban J connectivity index is 2.42. The monoisotopic (exact) mass is 227 g/mol. The molecular formula is C13H29N3. The zero-order chi connectivity index (χ0) is 12.0. The van der Waals surface area contributed by atoms with Crippen molar-refractivity contribution in [2.24, 2.45) is 0 Å². The topological polar surface area (TPSA) is 27.3 Å². The molecule has 1 aliphatic heterocycles. The van der Waals surface area contributed by atoms with Crippen LogP contribution in [-0.2, 0) is 0 Å². The average molecular weight is 227 g/mol. The first-order valence-corrected chi connectivity index (χ1v) is 6.89. The van der Waals surface area contributed by atoms with Crippen LogP contribution in [0.1, 0.15) is 40.5 Å². The lowest BCUT2D eigenvalue weighted by Crippen LogP contribution is -2.47. The maximum absolute atomic E-state index is 3.67. The summed E-state index contributed by atoms with van der Waals surface area (Å²) >= 11 is 0. The number of rotatable bonds is 7. The van der Waals surface area contributed by atoms with E-state index in [1.165, 1.54) is 25.9 Å². The van der Waals surface area contributed by atoms with E-state index in [2.05, 4.69) is 43.2 Å². The van der Waals surface area contributed by atoms with Crippen LogP contribution in [0.3, 0.4) is 0 Å². The van der Waals surface area contributed by atoms with E-state index < -0.39 is 0 Å². The number of nitrogens with one attached hydrogen (secondary N) is 2. The highest BCUT2D eigenvalue weighted by Gasteiger charge is 2.32. The molecule has 0 aromatic heterocycles. The van der Waals surface area contributed by atoms with Crippen molar-refractivity contribution < 1.29 is 0 Å². The van der Waals surface area contributed by atoms with Crippen molar-refractivity contribution in [2.75, 3.05) is 26.2 Å². The Morgan fingerprint density at radius 3 is 1.75 bits per heavy atom. The van der Waals surface area contributed by atoms with Gasteiger partial charge < -0.3 is 10.6 Å². The highest BCUT2D eigenvalue weighted by molar-refractivity contribution is 4.94. The summed E-state index contributed by atoms with van der Waals surface area (Å²) in [6, 6.07) is 1.93. The van der Waals surface area contributed by atoms with Crippen molar-refractivity contribution in [1.82, 2.24) is 15.5 Å². The number of hydrogen-bond donors (Lipinski definition) is 2. The molecule has 1 heterocycles. The van der Waals surface area contributed by atoms with E-state index in [0.717, 1.165) is 13.1 Å². The van der Waals surface area contributed by atoms with Crippen molar-refractivity contribution in [3.63, 3.8) is 0 Å². The summed E-state index contributed by atoms with van der Waals surface area (Å²) in [4.78, 5) is 2.57. The Labute approximate surface area is 101 Å². The minimum Gasteiger partial charge on any atom is -0.311 e. The van der Waals surface area contributed by atoms with Crippen LogP contribution in [0.5, 0.6) is 0 Å². The standard InChI is InChI=1S/C13H29N3/c1-5-7-14-12-9-16(11(3)4)10-13(12)15-8-6-2/h11-15H,5-10H2,1-4H3. The van der Waals surface area contributed by atoms with Crippen LogP contribution in [0.4, 0.5) is 0 Å². The molecule has 1 rings (SSSR count). The largest absolute Gasteiger partial charge is 0.311 e. The number of likely N-dealkylation sites (tertiary alicyclic amines) is 1. The second kappa shape index (κ2) is 7.25. The Bertz CT molecular complexity index is 166. The Morgan fingerprint density at radius 1 is 1.00 bits per heavy atom. The smallest absolute Gasteiger partial charge is 0.0361 e. The van der Waals surface area contributed by atoms with Crippen LogP contribution < -0.4 is 10.6 Å². The van der Waals surface area contributed by atoms with Crippen LogP contribution in [-0.4, -0.2) is 49.2 Å². The first-order chi connectivity index (χ1) is 7.69. The molecule has 0 radical (unpaired) electrons. The normalized spacial score (nSPS) is 26.8. The molecule has 1 fully saturated rings. The van der Waals surface area contributed by atoms with Gasteiger partial charge >= 0.3 is 0 Å². The fraction of sp³-hybridized carbons (Fsp3) is 1.00. The molecule has 0 aliphatic carbocycles. The third-order valence-corrected chi connectivity index (χ3v) is 3.39. The lowest BCUT2D eigenvalue weighted by atomic mass is 10.1. The average Bonchev–Trinajstić information content (AvgIpc) is 2.67. The van der Waals surface area contributed by atoms with Crippen LogP contribution in [0.15, 0.2) is 0 Å². The molecule has 2 unspecified atom stereocenters. The molecule has 0 saturated carbocycles. The predicted octanol–water partition coefficient (Wildman–Crippen LogP) is 1.45. The van der Waals surface area contributed by atoms with Crippen LogP contribution >= 0.6 is 0 Å². The molecule has 1 aliphatic rings. The van der Waals surface area contributed by atoms with Gasteiger partial charge in [0.1, 0.15) is 0 Å². The molecule has 16 heavy (non-hydrogen) atoms. The molecule has 1 saturated heterocycles. The Morgan fingerprint density at radius 2 is 1.44 bits per heavy atom. The quantitative estimate of drug-likeness (QED) is 0.689. The summed E-state index contributed by atoms with van der Waals surface area (Å²) in [6.45, 7) is 13.7. The maximum atomic E-state index is 3.67. The third-order valence-electron chi connectivity index (χ3n) is 3.39. The molecule has 2 N–H and O–H groups in total. The molecule has 0 aromatic carbocycles. The summed E-state index contributed by atoms with van der Waals surface area (Å²) in [5.74, 6) is 0. The van der Waals surface area contributed by atoms with Gasteiger partial charge in [-0.1, -0.05) is 13.8 Å². The Kier molecular flexibility index (Phi) is 6.32. The molecule has 0 aromatic rings. The van der Waals surface area contributed by atoms with Gasteiger partial charge in [0.25, 0.3) is 0 Å². The highest BCUT2D eigenvalue weighted by atomic mass is 15.3. The molecular weight excluding hydrogens is 198 g/mol. The van der Waals surface area contributed by atoms with Crippen molar-refractivity contribution in [2.45, 2.75) is 58.7 Å². The molecule has 3 heteroatoms. The SMILES string of the molecule is CCCNC1CN(C(C)C)CC1NCCC. The van der Waals surface area contributed by atoms with Crippen molar-refractivity contribution in [3.05, 3.63) is 0 Å². The fourth-order valence-corrected chi connectivity index (χ4v) is 2.33. The molecule has 2 atom stereocenters. The zero-order valence-corrected chi connectivity index (χ0v) is 11.4. The lowest BCUT2D eigenvalue weighted by Gasteiger charge is -2.20. The van der Waals surface area contributed by atoms with Crippen LogP contribution in [0, 0.1) is 0 Å². The van der Waals surface area contributed by atoms with E-state index in [1.54, 1.807) is 0 Å². The summed E-state index contributed by atoms with van der Waals surface area (Å²) in [6.07, 6.45) is 2.44. The summed E-state index contributed by atoms with van der Waals surface area (Å²) in [5, 5.41) is 7.34.